The van der Waals surface area contributed by atoms with Crippen molar-refractivity contribution in [3.8, 4) is 0 Å². The van der Waals surface area contributed by atoms with Crippen LogP contribution in [-0.2, 0) is 9.63 Å². The van der Waals surface area contributed by atoms with Gasteiger partial charge in [0, 0.05) is 6.54 Å². The van der Waals surface area contributed by atoms with Gasteiger partial charge in [-0.3, -0.25) is 9.63 Å². The van der Waals surface area contributed by atoms with Gasteiger partial charge in [-0.25, -0.2) is 5.48 Å². The van der Waals surface area contributed by atoms with Gasteiger partial charge in [0.1, 0.15) is 0 Å². The number of carbonyl (C=O) groups excluding carboxylic acids is 1. The van der Waals surface area contributed by atoms with Gasteiger partial charge < -0.3 is 5.73 Å². The van der Waals surface area contributed by atoms with Gasteiger partial charge in [-0.15, -0.1) is 0 Å². The maximum Gasteiger partial charge on any atom is 0.251 e. The van der Waals surface area contributed by atoms with Crippen LogP contribution in [0.1, 0.15) is 46.5 Å². The minimum atomic E-state index is -0.384. The third kappa shape index (κ3) is 3.18. The molecular formula is C11H22N2O2. The maximum absolute atomic E-state index is 11.9. The van der Waals surface area contributed by atoms with Crippen molar-refractivity contribution in [2.45, 2.75) is 52.1 Å². The van der Waals surface area contributed by atoms with Gasteiger partial charge in [0.05, 0.1) is 11.0 Å². The zero-order valence-electron chi connectivity index (χ0n) is 9.93. The second-order valence-corrected chi connectivity index (χ2v) is 5.34. The summed E-state index contributed by atoms with van der Waals surface area (Å²) in [5, 5.41) is 0. The average molecular weight is 214 g/mol. The molecule has 0 bridgehead atoms. The molecule has 0 aromatic rings. The first-order chi connectivity index (χ1) is 6.90. The van der Waals surface area contributed by atoms with Crippen LogP contribution in [0.25, 0.3) is 0 Å². The van der Waals surface area contributed by atoms with Crippen LogP contribution >= 0.6 is 0 Å². The Morgan fingerprint density at radius 3 is 2.33 bits per heavy atom. The number of rotatable bonds is 3. The molecule has 0 saturated heterocycles. The number of hydrogen-bond donors (Lipinski definition) is 2. The van der Waals surface area contributed by atoms with Gasteiger partial charge in [0.25, 0.3) is 5.91 Å². The highest BCUT2D eigenvalue weighted by Crippen LogP contribution is 2.37. The highest BCUT2D eigenvalue weighted by molar-refractivity contribution is 5.82. The molecule has 0 heterocycles. The summed E-state index contributed by atoms with van der Waals surface area (Å²) in [4.78, 5) is 17.2. The normalized spacial score (nSPS) is 20.3. The Kier molecular flexibility index (Phi) is 3.73. The number of hydrogen-bond acceptors (Lipinski definition) is 3. The van der Waals surface area contributed by atoms with Crippen LogP contribution in [0.3, 0.4) is 0 Å². The monoisotopic (exact) mass is 214 g/mol. The zero-order valence-corrected chi connectivity index (χ0v) is 9.93. The molecule has 0 spiro atoms. The van der Waals surface area contributed by atoms with E-state index in [0.717, 1.165) is 25.7 Å². The Morgan fingerprint density at radius 1 is 1.40 bits per heavy atom. The van der Waals surface area contributed by atoms with E-state index < -0.39 is 0 Å². The molecule has 0 aromatic carbocycles. The summed E-state index contributed by atoms with van der Waals surface area (Å²) in [5.74, 6) is -0.0579. The van der Waals surface area contributed by atoms with E-state index in [1.165, 1.54) is 0 Å². The standard InChI is InChI=1S/C11H22N2O2/c1-10(2,3)15-13-9(14)11(8-12)6-4-5-7-11/h4-8,12H2,1-3H3,(H,13,14). The van der Waals surface area contributed by atoms with Crippen molar-refractivity contribution in [3.63, 3.8) is 0 Å². The van der Waals surface area contributed by atoms with Crippen LogP contribution in [0.5, 0.6) is 0 Å². The molecule has 15 heavy (non-hydrogen) atoms. The largest absolute Gasteiger partial charge is 0.329 e. The van der Waals surface area contributed by atoms with Gasteiger partial charge in [-0.1, -0.05) is 12.8 Å². The van der Waals surface area contributed by atoms with Gasteiger partial charge in [-0.05, 0) is 33.6 Å². The van der Waals surface area contributed by atoms with E-state index in [1.54, 1.807) is 0 Å². The lowest BCUT2D eigenvalue weighted by Gasteiger charge is -2.28. The minimum Gasteiger partial charge on any atom is -0.329 e. The summed E-state index contributed by atoms with van der Waals surface area (Å²) in [6, 6.07) is 0. The molecular weight excluding hydrogens is 192 g/mol. The minimum absolute atomic E-state index is 0.0579. The Labute approximate surface area is 91.5 Å². The topological polar surface area (TPSA) is 64.3 Å². The molecule has 0 atom stereocenters. The van der Waals surface area contributed by atoms with Gasteiger partial charge in [0.2, 0.25) is 0 Å². The second-order valence-electron chi connectivity index (χ2n) is 5.34. The summed E-state index contributed by atoms with van der Waals surface area (Å²) in [6.45, 7) is 6.11. The summed E-state index contributed by atoms with van der Waals surface area (Å²) in [7, 11) is 0. The van der Waals surface area contributed by atoms with Crippen LogP contribution in [0, 0.1) is 5.41 Å². The zero-order chi connectivity index (χ0) is 11.5. The van der Waals surface area contributed by atoms with Crippen molar-refractivity contribution in [3.05, 3.63) is 0 Å². The molecule has 0 aliphatic heterocycles. The van der Waals surface area contributed by atoms with E-state index in [2.05, 4.69) is 5.48 Å². The Balaban J connectivity index is 2.51. The maximum atomic E-state index is 11.9. The number of nitrogens with one attached hydrogen (secondary N) is 1. The lowest BCUT2D eigenvalue weighted by Crippen LogP contribution is -2.46. The van der Waals surface area contributed by atoms with Crippen molar-refractivity contribution < 1.29 is 9.63 Å². The van der Waals surface area contributed by atoms with Crippen molar-refractivity contribution in [1.29, 1.82) is 0 Å². The molecule has 1 saturated carbocycles. The number of carbonyl (C=O) groups is 1. The number of hydroxylamine groups is 1. The molecule has 0 radical (unpaired) electrons. The van der Waals surface area contributed by atoms with E-state index >= 15 is 0 Å². The van der Waals surface area contributed by atoms with Crippen LogP contribution in [0.15, 0.2) is 0 Å². The Hall–Kier alpha value is -0.610. The molecule has 4 heteroatoms. The lowest BCUT2D eigenvalue weighted by atomic mass is 9.86. The fourth-order valence-corrected chi connectivity index (χ4v) is 1.88. The predicted octanol–water partition coefficient (Wildman–Crippen LogP) is 1.35. The van der Waals surface area contributed by atoms with Gasteiger partial charge in [-0.2, -0.15) is 0 Å². The first-order valence-electron chi connectivity index (χ1n) is 5.58. The average Bonchev–Trinajstić information content (AvgIpc) is 2.62. The summed E-state index contributed by atoms with van der Waals surface area (Å²) < 4.78 is 0. The quantitative estimate of drug-likeness (QED) is 0.697. The third-order valence-corrected chi connectivity index (χ3v) is 2.88. The Morgan fingerprint density at radius 2 is 1.93 bits per heavy atom. The molecule has 0 aromatic heterocycles. The molecule has 1 aliphatic rings. The van der Waals surface area contributed by atoms with Crippen LogP contribution in [0.2, 0.25) is 0 Å². The highest BCUT2D eigenvalue weighted by Gasteiger charge is 2.40. The van der Waals surface area contributed by atoms with E-state index in [4.69, 9.17) is 10.6 Å². The van der Waals surface area contributed by atoms with E-state index in [1.807, 2.05) is 20.8 Å². The summed E-state index contributed by atoms with van der Waals surface area (Å²) in [5.41, 5.74) is 7.49. The predicted molar refractivity (Wildman–Crippen MR) is 58.9 cm³/mol. The first kappa shape index (κ1) is 12.5. The fourth-order valence-electron chi connectivity index (χ4n) is 1.88. The highest BCUT2D eigenvalue weighted by atomic mass is 16.7. The molecule has 3 N–H and O–H groups in total. The molecule has 0 unspecified atom stereocenters. The van der Waals surface area contributed by atoms with Crippen LogP contribution in [0.4, 0.5) is 0 Å². The van der Waals surface area contributed by atoms with Gasteiger partial charge in [0.15, 0.2) is 0 Å². The van der Waals surface area contributed by atoms with E-state index in [0.29, 0.717) is 6.54 Å². The Bertz CT molecular complexity index is 227. The lowest BCUT2D eigenvalue weighted by molar-refractivity contribution is -0.155. The third-order valence-electron chi connectivity index (χ3n) is 2.88. The van der Waals surface area contributed by atoms with Crippen molar-refractivity contribution in [2.75, 3.05) is 6.54 Å². The molecule has 1 rings (SSSR count). The van der Waals surface area contributed by atoms with Crippen molar-refractivity contribution >= 4 is 5.91 Å². The molecule has 4 nitrogen and oxygen atoms in total. The van der Waals surface area contributed by atoms with Gasteiger partial charge >= 0.3 is 0 Å². The molecule has 1 aliphatic carbocycles. The summed E-state index contributed by atoms with van der Waals surface area (Å²) in [6.07, 6.45) is 3.92. The first-order valence-corrected chi connectivity index (χ1v) is 5.58. The second kappa shape index (κ2) is 4.49. The molecule has 88 valence electrons. The SMILES string of the molecule is CC(C)(C)ONC(=O)C1(CN)CCCC1. The van der Waals surface area contributed by atoms with E-state index in [-0.39, 0.29) is 16.9 Å². The number of nitrogens with two attached hydrogens (primary N) is 1. The fraction of sp³-hybridized carbons (Fsp3) is 0.909. The molecule has 1 amide bonds. The summed E-state index contributed by atoms with van der Waals surface area (Å²) >= 11 is 0. The van der Waals surface area contributed by atoms with Crippen LogP contribution in [-0.4, -0.2) is 18.1 Å². The van der Waals surface area contributed by atoms with Crippen molar-refractivity contribution in [1.82, 2.24) is 5.48 Å². The number of amides is 1. The van der Waals surface area contributed by atoms with Crippen molar-refractivity contribution in [2.24, 2.45) is 11.1 Å². The smallest absolute Gasteiger partial charge is 0.251 e. The van der Waals surface area contributed by atoms with E-state index in [9.17, 15) is 4.79 Å². The molecule has 1 fully saturated rings. The van der Waals surface area contributed by atoms with Crippen LogP contribution < -0.4 is 11.2 Å².